The van der Waals surface area contributed by atoms with Gasteiger partial charge >= 0.3 is 0 Å². The number of sulfonamides is 1. The molecule has 0 saturated carbocycles. The molecule has 0 aromatic heterocycles. The van der Waals surface area contributed by atoms with Crippen molar-refractivity contribution < 1.29 is 8.42 Å². The highest BCUT2D eigenvalue weighted by Crippen LogP contribution is 2.24. The van der Waals surface area contributed by atoms with E-state index in [9.17, 15) is 8.42 Å². The summed E-state index contributed by atoms with van der Waals surface area (Å²) in [5.74, 6) is 0.340. The van der Waals surface area contributed by atoms with Crippen LogP contribution in [0.15, 0.2) is 52.4 Å². The number of aryl methyl sites for hydroxylation is 2. The summed E-state index contributed by atoms with van der Waals surface area (Å²) in [6, 6.07) is 12.9. The van der Waals surface area contributed by atoms with Crippen LogP contribution in [0.1, 0.15) is 30.0 Å². The summed E-state index contributed by atoms with van der Waals surface area (Å²) in [6.07, 6.45) is 3.48. The summed E-state index contributed by atoms with van der Waals surface area (Å²) in [4.78, 5) is 4.58. The summed E-state index contributed by atoms with van der Waals surface area (Å²) in [6.45, 7) is 2.49. The van der Waals surface area contributed by atoms with Gasteiger partial charge in [0.1, 0.15) is 0 Å². The summed E-state index contributed by atoms with van der Waals surface area (Å²) < 4.78 is 26.3. The molecule has 0 saturated heterocycles. The number of fused-ring (bicyclic) bond motifs is 1. The third-order valence-electron chi connectivity index (χ3n) is 4.37. The first-order chi connectivity index (χ1) is 12.5. The van der Waals surface area contributed by atoms with Crippen molar-refractivity contribution in [2.24, 2.45) is 10.7 Å². The fraction of sp³-hybridized carbons (Fsp3) is 0.316. The molecular weight excluding hydrogens is 475 g/mol. The van der Waals surface area contributed by atoms with Crippen LogP contribution in [0.25, 0.3) is 0 Å². The van der Waals surface area contributed by atoms with Crippen molar-refractivity contribution in [2.45, 2.75) is 37.6 Å². The molecule has 0 fully saturated rings. The SMILES string of the molecule is CCNS(=O)(=O)c1ccc(CN=C(N)Nc2ccc3c(c2)CCC3)cc1.I. The second-order valence-electron chi connectivity index (χ2n) is 6.31. The molecule has 2 aromatic carbocycles. The molecule has 0 atom stereocenters. The maximum Gasteiger partial charge on any atom is 0.240 e. The van der Waals surface area contributed by atoms with Gasteiger partial charge in [0, 0.05) is 12.2 Å². The zero-order chi connectivity index (χ0) is 18.6. The van der Waals surface area contributed by atoms with E-state index in [1.54, 1.807) is 31.2 Å². The van der Waals surface area contributed by atoms with Gasteiger partial charge in [0.15, 0.2) is 5.96 Å². The first-order valence-electron chi connectivity index (χ1n) is 8.75. The van der Waals surface area contributed by atoms with Crippen LogP contribution in [0.5, 0.6) is 0 Å². The molecule has 4 N–H and O–H groups in total. The maximum atomic E-state index is 11.9. The molecule has 0 unspecified atom stereocenters. The zero-order valence-corrected chi connectivity index (χ0v) is 18.4. The second-order valence-corrected chi connectivity index (χ2v) is 8.08. The van der Waals surface area contributed by atoms with Gasteiger partial charge in [-0.25, -0.2) is 18.1 Å². The third kappa shape index (κ3) is 5.66. The Morgan fingerprint density at radius 2 is 1.81 bits per heavy atom. The van der Waals surface area contributed by atoms with Gasteiger partial charge in [0.25, 0.3) is 0 Å². The molecule has 0 amide bonds. The number of hydrogen-bond donors (Lipinski definition) is 3. The van der Waals surface area contributed by atoms with E-state index in [1.165, 1.54) is 17.5 Å². The number of benzene rings is 2. The van der Waals surface area contributed by atoms with E-state index in [-0.39, 0.29) is 28.9 Å². The number of nitrogens with two attached hydrogens (primary N) is 1. The number of anilines is 1. The average Bonchev–Trinajstić information content (AvgIpc) is 3.08. The number of nitrogens with one attached hydrogen (secondary N) is 2. The maximum absolute atomic E-state index is 11.9. The Hall–Kier alpha value is -1.65. The van der Waals surface area contributed by atoms with E-state index >= 15 is 0 Å². The van der Waals surface area contributed by atoms with E-state index in [0.29, 0.717) is 19.0 Å². The van der Waals surface area contributed by atoms with Crippen molar-refractivity contribution in [2.75, 3.05) is 11.9 Å². The lowest BCUT2D eigenvalue weighted by Crippen LogP contribution is -2.23. The van der Waals surface area contributed by atoms with E-state index in [0.717, 1.165) is 24.1 Å². The van der Waals surface area contributed by atoms with Crippen LogP contribution in [-0.4, -0.2) is 20.9 Å². The Morgan fingerprint density at radius 1 is 1.11 bits per heavy atom. The quantitative estimate of drug-likeness (QED) is 0.323. The zero-order valence-electron chi connectivity index (χ0n) is 15.2. The number of hydrogen-bond acceptors (Lipinski definition) is 3. The van der Waals surface area contributed by atoms with Gasteiger partial charge in [0.05, 0.1) is 11.4 Å². The van der Waals surface area contributed by atoms with Crippen molar-refractivity contribution >= 4 is 45.6 Å². The Morgan fingerprint density at radius 3 is 2.52 bits per heavy atom. The molecule has 0 heterocycles. The van der Waals surface area contributed by atoms with Crippen LogP contribution in [0.3, 0.4) is 0 Å². The minimum absolute atomic E-state index is 0. The van der Waals surface area contributed by atoms with E-state index < -0.39 is 10.0 Å². The van der Waals surface area contributed by atoms with Crippen LogP contribution in [-0.2, 0) is 29.4 Å². The normalized spacial score (nSPS) is 13.7. The van der Waals surface area contributed by atoms with Crippen LogP contribution in [0.2, 0.25) is 0 Å². The predicted octanol–water partition coefficient (Wildman–Crippen LogP) is 3.02. The van der Waals surface area contributed by atoms with E-state index in [2.05, 4.69) is 27.2 Å². The molecule has 1 aliphatic carbocycles. The van der Waals surface area contributed by atoms with E-state index in [4.69, 9.17) is 5.73 Å². The van der Waals surface area contributed by atoms with Crippen molar-refractivity contribution in [3.63, 3.8) is 0 Å². The highest BCUT2D eigenvalue weighted by molar-refractivity contribution is 14.0. The number of nitrogens with zero attached hydrogens (tertiary/aromatic N) is 1. The fourth-order valence-corrected chi connectivity index (χ4v) is 4.10. The van der Waals surface area contributed by atoms with E-state index in [1.807, 2.05) is 6.07 Å². The van der Waals surface area contributed by atoms with Gasteiger partial charge in [-0.05, 0) is 60.2 Å². The molecule has 1 aliphatic rings. The lowest BCUT2D eigenvalue weighted by Gasteiger charge is -2.08. The molecule has 6 nitrogen and oxygen atoms in total. The molecule has 2 aromatic rings. The van der Waals surface area contributed by atoms with Crippen LogP contribution >= 0.6 is 24.0 Å². The van der Waals surface area contributed by atoms with Crippen molar-refractivity contribution in [3.8, 4) is 0 Å². The van der Waals surface area contributed by atoms with Gasteiger partial charge < -0.3 is 11.1 Å². The van der Waals surface area contributed by atoms with Gasteiger partial charge in [0.2, 0.25) is 10.0 Å². The standard InChI is InChI=1S/C19H24N4O2S.HI/c1-2-22-26(24,25)18-10-6-14(7-11-18)13-21-19(20)23-17-9-8-15-4-3-5-16(15)12-17;/h6-12,22H,2-5,13H2,1H3,(H3,20,21,23);1H. The monoisotopic (exact) mass is 500 g/mol. The van der Waals surface area contributed by atoms with Crippen LogP contribution in [0.4, 0.5) is 5.69 Å². The summed E-state index contributed by atoms with van der Waals surface area (Å²) in [5.41, 5.74) is 10.6. The Balaban J connectivity index is 0.00000261. The largest absolute Gasteiger partial charge is 0.370 e. The Labute approximate surface area is 177 Å². The predicted molar refractivity (Wildman–Crippen MR) is 120 cm³/mol. The van der Waals surface area contributed by atoms with Gasteiger partial charge in [-0.1, -0.05) is 25.1 Å². The van der Waals surface area contributed by atoms with Crippen LogP contribution < -0.4 is 15.8 Å². The lowest BCUT2D eigenvalue weighted by atomic mass is 10.1. The minimum Gasteiger partial charge on any atom is -0.370 e. The first-order valence-corrected chi connectivity index (χ1v) is 10.2. The van der Waals surface area contributed by atoms with Gasteiger partial charge in [-0.15, -0.1) is 24.0 Å². The first kappa shape index (κ1) is 21.6. The Bertz CT molecular complexity index is 912. The van der Waals surface area contributed by atoms with Gasteiger partial charge in [-0.2, -0.15) is 0 Å². The smallest absolute Gasteiger partial charge is 0.240 e. The molecule has 0 bridgehead atoms. The topological polar surface area (TPSA) is 96.6 Å². The lowest BCUT2D eigenvalue weighted by molar-refractivity contribution is 0.584. The molecule has 146 valence electrons. The summed E-state index contributed by atoms with van der Waals surface area (Å²) in [7, 11) is -3.43. The molecule has 0 spiro atoms. The number of halogens is 1. The summed E-state index contributed by atoms with van der Waals surface area (Å²) in [5, 5.41) is 3.12. The summed E-state index contributed by atoms with van der Waals surface area (Å²) >= 11 is 0. The number of aliphatic imine (C=N–C) groups is 1. The molecular formula is C19H25IN4O2S. The average molecular weight is 500 g/mol. The van der Waals surface area contributed by atoms with Gasteiger partial charge in [-0.3, -0.25) is 0 Å². The van der Waals surface area contributed by atoms with Crippen molar-refractivity contribution in [3.05, 3.63) is 59.2 Å². The number of guanidine groups is 1. The highest BCUT2D eigenvalue weighted by atomic mass is 127. The number of rotatable bonds is 6. The molecule has 8 heteroatoms. The molecule has 27 heavy (non-hydrogen) atoms. The van der Waals surface area contributed by atoms with Crippen molar-refractivity contribution in [1.29, 1.82) is 0 Å². The van der Waals surface area contributed by atoms with Crippen LogP contribution in [0, 0.1) is 0 Å². The fourth-order valence-electron chi connectivity index (χ4n) is 3.06. The second kappa shape index (κ2) is 9.52. The highest BCUT2D eigenvalue weighted by Gasteiger charge is 2.12. The third-order valence-corrected chi connectivity index (χ3v) is 5.93. The molecule has 0 radical (unpaired) electrons. The molecule has 3 rings (SSSR count). The molecule has 0 aliphatic heterocycles. The van der Waals surface area contributed by atoms with Crippen molar-refractivity contribution in [1.82, 2.24) is 4.72 Å². The minimum atomic E-state index is -3.43. The Kier molecular flexibility index (Phi) is 7.63.